The Morgan fingerprint density at radius 1 is 1.50 bits per heavy atom. The molecule has 5 heteroatoms. The van der Waals surface area contributed by atoms with E-state index in [1.807, 2.05) is 12.3 Å². The SMILES string of the molecule is CSc1cc(OC2CNCCC2C)ncn1. The second-order valence-corrected chi connectivity index (χ2v) is 4.85. The van der Waals surface area contributed by atoms with Crippen molar-refractivity contribution in [2.45, 2.75) is 24.5 Å². The average molecular weight is 239 g/mol. The predicted molar refractivity (Wildman–Crippen MR) is 64.9 cm³/mol. The molecule has 1 aromatic heterocycles. The van der Waals surface area contributed by atoms with Crippen molar-refractivity contribution in [3.8, 4) is 5.88 Å². The van der Waals surface area contributed by atoms with Gasteiger partial charge in [-0.2, -0.15) is 0 Å². The van der Waals surface area contributed by atoms with E-state index in [0.29, 0.717) is 11.8 Å². The number of rotatable bonds is 3. The maximum absolute atomic E-state index is 5.88. The highest BCUT2D eigenvalue weighted by Crippen LogP contribution is 2.20. The smallest absolute Gasteiger partial charge is 0.217 e. The van der Waals surface area contributed by atoms with Crippen LogP contribution < -0.4 is 10.1 Å². The fraction of sp³-hybridized carbons (Fsp3) is 0.636. The molecule has 1 aromatic rings. The quantitative estimate of drug-likeness (QED) is 0.641. The van der Waals surface area contributed by atoms with Crippen molar-refractivity contribution in [2.75, 3.05) is 19.3 Å². The van der Waals surface area contributed by atoms with E-state index in [9.17, 15) is 0 Å². The van der Waals surface area contributed by atoms with Crippen molar-refractivity contribution in [2.24, 2.45) is 5.92 Å². The zero-order chi connectivity index (χ0) is 11.4. The van der Waals surface area contributed by atoms with Crippen LogP contribution in [0.15, 0.2) is 17.4 Å². The molecule has 2 heterocycles. The van der Waals surface area contributed by atoms with Crippen LogP contribution >= 0.6 is 11.8 Å². The zero-order valence-electron chi connectivity index (χ0n) is 9.64. The summed E-state index contributed by atoms with van der Waals surface area (Å²) in [6.45, 7) is 4.21. The molecule has 1 fully saturated rings. The Hall–Kier alpha value is -0.810. The van der Waals surface area contributed by atoms with Gasteiger partial charge in [0.25, 0.3) is 0 Å². The molecule has 4 nitrogen and oxygen atoms in total. The van der Waals surface area contributed by atoms with Crippen LogP contribution in [0.2, 0.25) is 0 Å². The van der Waals surface area contributed by atoms with E-state index in [0.717, 1.165) is 24.5 Å². The van der Waals surface area contributed by atoms with Crippen molar-refractivity contribution < 1.29 is 4.74 Å². The lowest BCUT2D eigenvalue weighted by Crippen LogP contribution is -2.42. The van der Waals surface area contributed by atoms with Crippen LogP contribution in [-0.4, -0.2) is 35.4 Å². The van der Waals surface area contributed by atoms with Gasteiger partial charge < -0.3 is 10.1 Å². The molecule has 0 bridgehead atoms. The van der Waals surface area contributed by atoms with Gasteiger partial charge in [0.15, 0.2) is 0 Å². The highest BCUT2D eigenvalue weighted by atomic mass is 32.2. The average Bonchev–Trinajstić information content (AvgIpc) is 2.32. The molecule has 0 aromatic carbocycles. The monoisotopic (exact) mass is 239 g/mol. The first-order valence-electron chi connectivity index (χ1n) is 5.53. The molecule has 0 aliphatic carbocycles. The molecule has 1 saturated heterocycles. The highest BCUT2D eigenvalue weighted by Gasteiger charge is 2.23. The van der Waals surface area contributed by atoms with E-state index in [1.165, 1.54) is 0 Å². The van der Waals surface area contributed by atoms with Gasteiger partial charge in [-0.05, 0) is 25.1 Å². The third kappa shape index (κ3) is 2.86. The summed E-state index contributed by atoms with van der Waals surface area (Å²) in [6, 6.07) is 1.89. The number of ether oxygens (including phenoxy) is 1. The van der Waals surface area contributed by atoms with Crippen molar-refractivity contribution in [3.05, 3.63) is 12.4 Å². The lowest BCUT2D eigenvalue weighted by Gasteiger charge is -2.29. The van der Waals surface area contributed by atoms with Crippen LogP contribution in [0.25, 0.3) is 0 Å². The van der Waals surface area contributed by atoms with Gasteiger partial charge in [-0.1, -0.05) is 6.92 Å². The largest absolute Gasteiger partial charge is 0.473 e. The third-order valence-corrected chi connectivity index (χ3v) is 3.50. The van der Waals surface area contributed by atoms with Gasteiger partial charge in [0.2, 0.25) is 5.88 Å². The molecule has 1 aliphatic rings. The Labute approximate surface area is 100 Å². The van der Waals surface area contributed by atoms with Crippen molar-refractivity contribution in [1.29, 1.82) is 0 Å². The fourth-order valence-corrected chi connectivity index (χ4v) is 2.14. The van der Waals surface area contributed by atoms with Gasteiger partial charge in [0.05, 0.1) is 0 Å². The minimum atomic E-state index is 0.221. The Morgan fingerprint density at radius 3 is 3.12 bits per heavy atom. The number of thioether (sulfide) groups is 1. The maximum Gasteiger partial charge on any atom is 0.217 e. The number of nitrogens with one attached hydrogen (secondary N) is 1. The van der Waals surface area contributed by atoms with Crippen LogP contribution in [0.3, 0.4) is 0 Å². The number of hydrogen-bond acceptors (Lipinski definition) is 5. The molecule has 1 N–H and O–H groups in total. The van der Waals surface area contributed by atoms with E-state index >= 15 is 0 Å². The molecule has 2 atom stereocenters. The lowest BCUT2D eigenvalue weighted by molar-refractivity contribution is 0.109. The van der Waals surface area contributed by atoms with Crippen LogP contribution in [-0.2, 0) is 0 Å². The van der Waals surface area contributed by atoms with Gasteiger partial charge >= 0.3 is 0 Å². The van der Waals surface area contributed by atoms with Crippen LogP contribution in [0.5, 0.6) is 5.88 Å². The minimum Gasteiger partial charge on any atom is -0.473 e. The van der Waals surface area contributed by atoms with E-state index in [-0.39, 0.29) is 6.10 Å². The van der Waals surface area contributed by atoms with Gasteiger partial charge in [0.1, 0.15) is 17.5 Å². The topological polar surface area (TPSA) is 47.0 Å². The molecule has 0 radical (unpaired) electrons. The van der Waals surface area contributed by atoms with Crippen LogP contribution in [0, 0.1) is 5.92 Å². The molecular formula is C11H17N3OS. The van der Waals surface area contributed by atoms with Gasteiger partial charge in [-0.15, -0.1) is 11.8 Å². The van der Waals surface area contributed by atoms with Gasteiger partial charge in [-0.3, -0.25) is 0 Å². The molecule has 2 unspecified atom stereocenters. The molecule has 16 heavy (non-hydrogen) atoms. The minimum absolute atomic E-state index is 0.221. The van der Waals surface area contributed by atoms with Gasteiger partial charge in [0, 0.05) is 12.6 Å². The number of nitrogens with zero attached hydrogens (tertiary/aromatic N) is 2. The van der Waals surface area contributed by atoms with Crippen molar-refractivity contribution >= 4 is 11.8 Å². The second-order valence-electron chi connectivity index (χ2n) is 4.02. The Morgan fingerprint density at radius 2 is 2.38 bits per heavy atom. The molecular weight excluding hydrogens is 222 g/mol. The highest BCUT2D eigenvalue weighted by molar-refractivity contribution is 7.98. The van der Waals surface area contributed by atoms with E-state index in [4.69, 9.17) is 4.74 Å². The van der Waals surface area contributed by atoms with E-state index < -0.39 is 0 Å². The normalized spacial score (nSPS) is 25.4. The Bertz CT molecular complexity index is 348. The Kier molecular flexibility index (Phi) is 4.01. The van der Waals surface area contributed by atoms with Gasteiger partial charge in [-0.25, -0.2) is 9.97 Å². The lowest BCUT2D eigenvalue weighted by atomic mass is 9.97. The van der Waals surface area contributed by atoms with E-state index in [1.54, 1.807) is 18.1 Å². The number of piperidine rings is 1. The molecule has 0 spiro atoms. The third-order valence-electron chi connectivity index (χ3n) is 2.85. The summed E-state index contributed by atoms with van der Waals surface area (Å²) >= 11 is 1.60. The molecule has 0 saturated carbocycles. The van der Waals surface area contributed by atoms with E-state index in [2.05, 4.69) is 22.2 Å². The number of hydrogen-bond donors (Lipinski definition) is 1. The standard InChI is InChI=1S/C11H17N3OS/c1-8-3-4-12-6-9(8)15-10-5-11(16-2)14-7-13-10/h5,7-9,12H,3-4,6H2,1-2H3. The first-order chi connectivity index (χ1) is 7.79. The summed E-state index contributed by atoms with van der Waals surface area (Å²) in [4.78, 5) is 8.27. The second kappa shape index (κ2) is 5.50. The van der Waals surface area contributed by atoms with Crippen LogP contribution in [0.1, 0.15) is 13.3 Å². The summed E-state index contributed by atoms with van der Waals surface area (Å²) in [5, 5.41) is 4.29. The first-order valence-corrected chi connectivity index (χ1v) is 6.75. The zero-order valence-corrected chi connectivity index (χ0v) is 10.5. The van der Waals surface area contributed by atoms with Crippen molar-refractivity contribution in [3.63, 3.8) is 0 Å². The summed E-state index contributed by atoms with van der Waals surface area (Å²) in [5.74, 6) is 1.26. The number of aromatic nitrogens is 2. The first kappa shape index (κ1) is 11.7. The molecule has 88 valence electrons. The summed E-state index contributed by atoms with van der Waals surface area (Å²) in [7, 11) is 0. The van der Waals surface area contributed by atoms with Crippen molar-refractivity contribution in [1.82, 2.24) is 15.3 Å². The summed E-state index contributed by atoms with van der Waals surface area (Å²) in [6.07, 6.45) is 4.93. The fourth-order valence-electron chi connectivity index (χ4n) is 1.77. The molecule has 1 aliphatic heterocycles. The summed E-state index contributed by atoms with van der Waals surface area (Å²) in [5.41, 5.74) is 0. The predicted octanol–water partition coefficient (Wildman–Crippen LogP) is 1.58. The molecule has 2 rings (SSSR count). The maximum atomic E-state index is 5.88. The van der Waals surface area contributed by atoms with Crippen LogP contribution in [0.4, 0.5) is 0 Å². The Balaban J connectivity index is 2.01. The summed E-state index contributed by atoms with van der Waals surface area (Å²) < 4.78 is 5.88. The molecule has 0 amide bonds.